The second kappa shape index (κ2) is 8.31. The quantitative estimate of drug-likeness (QED) is 0.487. The molecule has 0 radical (unpaired) electrons. The van der Waals surface area contributed by atoms with Crippen LogP contribution in [-0.2, 0) is 17.8 Å². The number of ketones is 1. The molecule has 3 rings (SSSR count). The molecule has 0 aliphatic carbocycles. The molecule has 5 nitrogen and oxygen atoms in total. The molecule has 0 fully saturated rings. The number of carbonyl (C=O) groups excluding carboxylic acids is 1. The van der Waals surface area contributed by atoms with E-state index >= 15 is 0 Å². The van der Waals surface area contributed by atoms with Crippen molar-refractivity contribution in [2.45, 2.75) is 26.8 Å². The number of hydrogen-bond acceptors (Lipinski definition) is 4. The number of nitrogens with zero attached hydrogens (tertiary/aromatic N) is 1. The van der Waals surface area contributed by atoms with Crippen LogP contribution in [0.2, 0.25) is 0 Å². The van der Waals surface area contributed by atoms with E-state index in [1.165, 1.54) is 7.11 Å². The summed E-state index contributed by atoms with van der Waals surface area (Å²) in [4.78, 5) is 21.5. The molecule has 0 aliphatic heterocycles. The van der Waals surface area contributed by atoms with Gasteiger partial charge in [-0.1, -0.05) is 59.8 Å². The second-order valence-electron chi connectivity index (χ2n) is 6.57. The Balaban J connectivity index is 2.00. The fourth-order valence-corrected chi connectivity index (χ4v) is 3.38. The maximum atomic E-state index is 13.4. The van der Waals surface area contributed by atoms with Crippen molar-refractivity contribution in [1.82, 2.24) is 10.2 Å². The van der Waals surface area contributed by atoms with E-state index in [4.69, 9.17) is 4.84 Å². The maximum absolute atomic E-state index is 13.4. The summed E-state index contributed by atoms with van der Waals surface area (Å²) in [5, 5.41) is 10.5. The van der Waals surface area contributed by atoms with Crippen LogP contribution in [0.15, 0.2) is 54.6 Å². The van der Waals surface area contributed by atoms with Gasteiger partial charge in [0.15, 0.2) is 5.78 Å². The summed E-state index contributed by atoms with van der Waals surface area (Å²) in [6, 6.07) is 17.8. The minimum absolute atomic E-state index is 0.0529. The van der Waals surface area contributed by atoms with Crippen LogP contribution < -0.4 is 0 Å². The van der Waals surface area contributed by atoms with E-state index in [1.54, 1.807) is 0 Å². The van der Waals surface area contributed by atoms with Crippen molar-refractivity contribution in [3.8, 4) is 0 Å². The molecule has 0 saturated carbocycles. The third-order valence-corrected chi connectivity index (χ3v) is 4.74. The van der Waals surface area contributed by atoms with Crippen LogP contribution in [-0.4, -0.2) is 28.3 Å². The number of aromatic nitrogens is 1. The van der Waals surface area contributed by atoms with E-state index in [2.05, 4.69) is 17.1 Å². The zero-order valence-corrected chi connectivity index (χ0v) is 15.8. The van der Waals surface area contributed by atoms with Crippen molar-refractivity contribution in [2.75, 3.05) is 7.11 Å². The van der Waals surface area contributed by atoms with Gasteiger partial charge in [0.25, 0.3) is 0 Å². The highest BCUT2D eigenvalue weighted by Crippen LogP contribution is 2.25. The predicted octanol–water partition coefficient (Wildman–Crippen LogP) is 4.21. The zero-order chi connectivity index (χ0) is 19.4. The van der Waals surface area contributed by atoms with Crippen molar-refractivity contribution in [2.24, 2.45) is 0 Å². The summed E-state index contributed by atoms with van der Waals surface area (Å²) in [7, 11) is 1.38. The molecular formula is C22H24N2O3. The highest BCUT2D eigenvalue weighted by molar-refractivity contribution is 6.11. The largest absolute Gasteiger partial charge is 0.362 e. The molecule has 0 unspecified atom stereocenters. The number of aromatic amines is 1. The number of rotatable bonds is 7. The lowest BCUT2D eigenvalue weighted by Gasteiger charge is -2.14. The van der Waals surface area contributed by atoms with Gasteiger partial charge >= 0.3 is 0 Å². The van der Waals surface area contributed by atoms with Crippen LogP contribution in [0.25, 0.3) is 0 Å². The molecule has 140 valence electrons. The van der Waals surface area contributed by atoms with E-state index in [0.29, 0.717) is 17.5 Å². The summed E-state index contributed by atoms with van der Waals surface area (Å²) in [6.07, 6.45) is 0.685. The predicted molar refractivity (Wildman–Crippen MR) is 104 cm³/mol. The van der Waals surface area contributed by atoms with Crippen molar-refractivity contribution in [1.29, 1.82) is 0 Å². The first-order valence-electron chi connectivity index (χ1n) is 8.86. The molecule has 2 N–H and O–H groups in total. The Hall–Kier alpha value is -2.73. The molecule has 2 aromatic carbocycles. The summed E-state index contributed by atoms with van der Waals surface area (Å²) >= 11 is 0. The van der Waals surface area contributed by atoms with Gasteiger partial charge in [0, 0.05) is 28.1 Å². The minimum atomic E-state index is -0.0529. The normalized spacial score (nSPS) is 11.1. The monoisotopic (exact) mass is 364 g/mol. The van der Waals surface area contributed by atoms with Crippen LogP contribution in [0.5, 0.6) is 0 Å². The molecular weight excluding hydrogens is 340 g/mol. The fourth-order valence-electron chi connectivity index (χ4n) is 3.38. The Bertz CT molecular complexity index is 932. The van der Waals surface area contributed by atoms with Crippen LogP contribution in [0.1, 0.15) is 44.0 Å². The van der Waals surface area contributed by atoms with Crippen LogP contribution in [0.4, 0.5) is 0 Å². The standard InChI is InChI=1S/C22H24N2O3/c1-15-20(14-24(26)27-3)21(16(2)23-15)22(25)19-12-8-7-11-18(19)13-17-9-5-4-6-10-17/h4-12,23,26H,13-14H2,1-3H3. The van der Waals surface area contributed by atoms with E-state index in [9.17, 15) is 10.0 Å². The Morgan fingerprint density at radius 3 is 2.41 bits per heavy atom. The maximum Gasteiger partial charge on any atom is 0.195 e. The van der Waals surface area contributed by atoms with Crippen molar-refractivity contribution in [3.63, 3.8) is 0 Å². The molecule has 0 saturated heterocycles. The molecule has 27 heavy (non-hydrogen) atoms. The number of carbonyl (C=O) groups is 1. The molecule has 0 bridgehead atoms. The van der Waals surface area contributed by atoms with Crippen molar-refractivity contribution in [3.05, 3.63) is 93.8 Å². The Morgan fingerprint density at radius 2 is 1.70 bits per heavy atom. The lowest BCUT2D eigenvalue weighted by molar-refractivity contribution is -0.333. The molecule has 1 heterocycles. The van der Waals surface area contributed by atoms with Gasteiger partial charge in [-0.25, -0.2) is 0 Å². The number of H-pyrrole nitrogens is 1. The lowest BCUT2D eigenvalue weighted by atomic mass is 9.92. The number of aryl methyl sites for hydroxylation is 2. The van der Waals surface area contributed by atoms with Gasteiger partial charge in [0.1, 0.15) is 0 Å². The Labute approximate surface area is 159 Å². The SMILES string of the molecule is CON(O)Cc1c(C)[nH]c(C)c1C(=O)c1ccccc1Cc1ccccc1. The molecule has 5 heteroatoms. The molecule has 1 aromatic heterocycles. The van der Waals surface area contributed by atoms with Crippen LogP contribution >= 0.6 is 0 Å². The summed E-state index contributed by atoms with van der Waals surface area (Å²) < 4.78 is 0. The summed E-state index contributed by atoms with van der Waals surface area (Å²) in [5.41, 5.74) is 5.75. The first-order chi connectivity index (χ1) is 13.0. The summed E-state index contributed by atoms with van der Waals surface area (Å²) in [5.74, 6) is -0.0529. The summed E-state index contributed by atoms with van der Waals surface area (Å²) in [6.45, 7) is 3.87. The highest BCUT2D eigenvalue weighted by Gasteiger charge is 2.23. The van der Waals surface area contributed by atoms with Gasteiger partial charge < -0.3 is 4.98 Å². The van der Waals surface area contributed by atoms with Crippen LogP contribution in [0, 0.1) is 13.8 Å². The zero-order valence-electron chi connectivity index (χ0n) is 15.8. The third kappa shape index (κ3) is 4.17. The number of hydrogen-bond donors (Lipinski definition) is 2. The Morgan fingerprint density at radius 1 is 1.04 bits per heavy atom. The van der Waals surface area contributed by atoms with Gasteiger partial charge in [0.2, 0.25) is 0 Å². The van der Waals surface area contributed by atoms with Gasteiger partial charge in [0.05, 0.1) is 13.7 Å². The number of hydroxylamine groups is 2. The average Bonchev–Trinajstić information content (AvgIpc) is 2.95. The van der Waals surface area contributed by atoms with E-state index in [-0.39, 0.29) is 12.3 Å². The van der Waals surface area contributed by atoms with Gasteiger partial charge in [-0.2, -0.15) is 0 Å². The van der Waals surface area contributed by atoms with E-state index in [0.717, 1.165) is 33.3 Å². The first-order valence-corrected chi connectivity index (χ1v) is 8.86. The first kappa shape index (κ1) is 19.0. The van der Waals surface area contributed by atoms with Crippen molar-refractivity contribution >= 4 is 5.78 Å². The number of nitrogens with one attached hydrogen (secondary N) is 1. The molecule has 3 aromatic rings. The van der Waals surface area contributed by atoms with E-state index < -0.39 is 0 Å². The third-order valence-electron chi connectivity index (χ3n) is 4.74. The molecule has 0 aliphatic rings. The molecule has 0 amide bonds. The highest BCUT2D eigenvalue weighted by atomic mass is 16.9. The second-order valence-corrected chi connectivity index (χ2v) is 6.57. The molecule has 0 atom stereocenters. The molecule has 0 spiro atoms. The topological polar surface area (TPSA) is 65.6 Å². The minimum Gasteiger partial charge on any atom is -0.362 e. The van der Waals surface area contributed by atoms with Gasteiger partial charge in [-0.15, -0.1) is 0 Å². The van der Waals surface area contributed by atoms with Gasteiger partial charge in [-0.05, 0) is 31.4 Å². The van der Waals surface area contributed by atoms with Crippen LogP contribution in [0.3, 0.4) is 0 Å². The van der Waals surface area contributed by atoms with E-state index in [1.807, 2.05) is 56.3 Å². The van der Waals surface area contributed by atoms with Crippen molar-refractivity contribution < 1.29 is 14.8 Å². The van der Waals surface area contributed by atoms with Gasteiger partial charge in [-0.3, -0.25) is 14.8 Å². The number of benzene rings is 2. The smallest absolute Gasteiger partial charge is 0.195 e. The fraction of sp³-hybridized carbons (Fsp3) is 0.227. The lowest BCUT2D eigenvalue weighted by Crippen LogP contribution is -2.19. The Kier molecular flexibility index (Phi) is 5.86. The average molecular weight is 364 g/mol.